The molecule has 88 valence electrons. The average Bonchev–Trinajstić information content (AvgIpc) is 3.00. The van der Waals surface area contributed by atoms with E-state index in [0.717, 1.165) is 12.0 Å². The monoisotopic (exact) mass is 210 g/mol. The first-order valence-electron chi connectivity index (χ1n) is 6.64. The van der Waals surface area contributed by atoms with Gasteiger partial charge < -0.3 is 5.32 Å². The van der Waals surface area contributed by atoms with Crippen LogP contribution in [0.3, 0.4) is 0 Å². The Morgan fingerprint density at radius 2 is 2.20 bits per heavy atom. The van der Waals surface area contributed by atoms with Crippen molar-refractivity contribution < 1.29 is 0 Å². The third-order valence-corrected chi connectivity index (χ3v) is 4.50. The summed E-state index contributed by atoms with van der Waals surface area (Å²) in [5.41, 5.74) is 0.567. The van der Waals surface area contributed by atoms with Gasteiger partial charge in [0.1, 0.15) is 0 Å². The molecule has 2 heteroatoms. The number of hydrogen-bond donors (Lipinski definition) is 1. The van der Waals surface area contributed by atoms with E-state index in [0.29, 0.717) is 5.54 Å². The summed E-state index contributed by atoms with van der Waals surface area (Å²) in [6.45, 7) is 10.9. The van der Waals surface area contributed by atoms with Gasteiger partial charge in [-0.25, -0.2) is 0 Å². The standard InChI is InChI=1S/C13H26N2/c1-4-11(2)12-10-15(9-5-8-14-12)13(3)6-7-13/h11-12,14H,4-10H2,1-3H3. The maximum Gasteiger partial charge on any atom is 0.0220 e. The summed E-state index contributed by atoms with van der Waals surface area (Å²) in [5.74, 6) is 0.813. The molecule has 2 fully saturated rings. The maximum absolute atomic E-state index is 3.72. The van der Waals surface area contributed by atoms with Crippen molar-refractivity contribution in [1.29, 1.82) is 0 Å². The summed E-state index contributed by atoms with van der Waals surface area (Å²) in [4.78, 5) is 2.74. The van der Waals surface area contributed by atoms with Gasteiger partial charge in [-0.2, -0.15) is 0 Å². The summed E-state index contributed by atoms with van der Waals surface area (Å²) < 4.78 is 0. The van der Waals surface area contributed by atoms with E-state index >= 15 is 0 Å². The minimum Gasteiger partial charge on any atom is -0.312 e. The van der Waals surface area contributed by atoms with E-state index in [4.69, 9.17) is 0 Å². The Kier molecular flexibility index (Phi) is 3.36. The zero-order chi connectivity index (χ0) is 10.9. The predicted molar refractivity (Wildman–Crippen MR) is 65.1 cm³/mol. The van der Waals surface area contributed by atoms with Gasteiger partial charge in [-0.3, -0.25) is 4.90 Å². The molecule has 1 N–H and O–H groups in total. The van der Waals surface area contributed by atoms with Crippen LogP contribution in [0.5, 0.6) is 0 Å². The summed E-state index contributed by atoms with van der Waals surface area (Å²) in [7, 11) is 0. The normalized spacial score (nSPS) is 33.4. The smallest absolute Gasteiger partial charge is 0.0220 e. The minimum atomic E-state index is 0.567. The molecule has 2 unspecified atom stereocenters. The molecule has 0 aromatic heterocycles. The molecular weight excluding hydrogens is 184 g/mol. The van der Waals surface area contributed by atoms with Gasteiger partial charge in [0, 0.05) is 18.1 Å². The zero-order valence-electron chi connectivity index (χ0n) is 10.6. The number of rotatable bonds is 3. The highest BCUT2D eigenvalue weighted by molar-refractivity contribution is 5.01. The molecule has 0 amide bonds. The van der Waals surface area contributed by atoms with Gasteiger partial charge >= 0.3 is 0 Å². The Hall–Kier alpha value is -0.0800. The fourth-order valence-corrected chi connectivity index (χ4v) is 2.60. The van der Waals surface area contributed by atoms with Gasteiger partial charge in [0.05, 0.1) is 0 Å². The van der Waals surface area contributed by atoms with Crippen molar-refractivity contribution in [2.24, 2.45) is 5.92 Å². The molecule has 2 nitrogen and oxygen atoms in total. The molecule has 1 saturated heterocycles. The molecule has 1 aliphatic carbocycles. The predicted octanol–water partition coefficient (Wildman–Crippen LogP) is 2.25. The molecule has 1 aliphatic heterocycles. The lowest BCUT2D eigenvalue weighted by Gasteiger charge is -2.32. The lowest BCUT2D eigenvalue weighted by Crippen LogP contribution is -2.45. The molecule has 0 bridgehead atoms. The molecule has 2 atom stereocenters. The summed E-state index contributed by atoms with van der Waals surface area (Å²) in [6, 6.07) is 0.718. The second-order valence-electron chi connectivity index (χ2n) is 5.74. The largest absolute Gasteiger partial charge is 0.312 e. The van der Waals surface area contributed by atoms with Crippen molar-refractivity contribution in [3.63, 3.8) is 0 Å². The maximum atomic E-state index is 3.72. The first kappa shape index (κ1) is 11.4. The van der Waals surface area contributed by atoms with E-state index in [2.05, 4.69) is 31.0 Å². The second-order valence-corrected chi connectivity index (χ2v) is 5.74. The average molecular weight is 210 g/mol. The van der Waals surface area contributed by atoms with Crippen LogP contribution in [-0.2, 0) is 0 Å². The van der Waals surface area contributed by atoms with E-state index in [-0.39, 0.29) is 0 Å². The van der Waals surface area contributed by atoms with Crippen LogP contribution in [-0.4, -0.2) is 36.1 Å². The van der Waals surface area contributed by atoms with Crippen molar-refractivity contribution in [2.45, 2.75) is 58.0 Å². The molecular formula is C13H26N2. The van der Waals surface area contributed by atoms with Crippen molar-refractivity contribution in [2.75, 3.05) is 19.6 Å². The molecule has 2 aliphatic rings. The Bertz CT molecular complexity index is 211. The quantitative estimate of drug-likeness (QED) is 0.768. The molecule has 0 spiro atoms. The molecule has 0 aromatic rings. The van der Waals surface area contributed by atoms with E-state index in [1.54, 1.807) is 0 Å². The van der Waals surface area contributed by atoms with Gasteiger partial charge in [-0.15, -0.1) is 0 Å². The lowest BCUT2D eigenvalue weighted by molar-refractivity contribution is 0.171. The molecule has 2 rings (SSSR count). The number of nitrogens with zero attached hydrogens (tertiary/aromatic N) is 1. The highest BCUT2D eigenvalue weighted by Gasteiger charge is 2.44. The highest BCUT2D eigenvalue weighted by Crippen LogP contribution is 2.41. The van der Waals surface area contributed by atoms with Crippen molar-refractivity contribution >= 4 is 0 Å². The third kappa shape index (κ3) is 2.54. The highest BCUT2D eigenvalue weighted by atomic mass is 15.2. The lowest BCUT2D eigenvalue weighted by atomic mass is 9.98. The Morgan fingerprint density at radius 1 is 1.47 bits per heavy atom. The molecule has 0 aromatic carbocycles. The third-order valence-electron chi connectivity index (χ3n) is 4.50. The van der Waals surface area contributed by atoms with Gasteiger partial charge in [0.25, 0.3) is 0 Å². The van der Waals surface area contributed by atoms with Crippen molar-refractivity contribution in [1.82, 2.24) is 10.2 Å². The molecule has 0 radical (unpaired) electrons. The van der Waals surface area contributed by atoms with E-state index in [9.17, 15) is 0 Å². The first-order valence-corrected chi connectivity index (χ1v) is 6.64. The van der Waals surface area contributed by atoms with Crippen molar-refractivity contribution in [3.8, 4) is 0 Å². The van der Waals surface area contributed by atoms with Crippen LogP contribution in [0.15, 0.2) is 0 Å². The van der Waals surface area contributed by atoms with E-state index in [1.807, 2.05) is 0 Å². The van der Waals surface area contributed by atoms with Crippen LogP contribution in [0, 0.1) is 5.92 Å². The summed E-state index contributed by atoms with van der Waals surface area (Å²) in [5, 5.41) is 3.72. The van der Waals surface area contributed by atoms with Crippen LogP contribution < -0.4 is 5.32 Å². The van der Waals surface area contributed by atoms with Gasteiger partial charge in [-0.1, -0.05) is 20.3 Å². The van der Waals surface area contributed by atoms with Gasteiger partial charge in [0.2, 0.25) is 0 Å². The Morgan fingerprint density at radius 3 is 2.80 bits per heavy atom. The van der Waals surface area contributed by atoms with Crippen LogP contribution in [0.1, 0.15) is 46.5 Å². The Labute approximate surface area is 94.4 Å². The summed E-state index contributed by atoms with van der Waals surface area (Å²) >= 11 is 0. The van der Waals surface area contributed by atoms with Crippen LogP contribution in [0.25, 0.3) is 0 Å². The van der Waals surface area contributed by atoms with Gasteiger partial charge in [0.15, 0.2) is 0 Å². The zero-order valence-corrected chi connectivity index (χ0v) is 10.6. The summed E-state index contributed by atoms with van der Waals surface area (Å²) in [6.07, 6.45) is 5.45. The van der Waals surface area contributed by atoms with Crippen LogP contribution >= 0.6 is 0 Å². The van der Waals surface area contributed by atoms with Gasteiger partial charge in [-0.05, 0) is 45.2 Å². The van der Waals surface area contributed by atoms with Crippen molar-refractivity contribution in [3.05, 3.63) is 0 Å². The SMILES string of the molecule is CCC(C)C1CN(C2(C)CC2)CCCN1. The number of nitrogens with one attached hydrogen (secondary N) is 1. The molecule has 1 heterocycles. The fourth-order valence-electron chi connectivity index (χ4n) is 2.60. The van der Waals surface area contributed by atoms with E-state index in [1.165, 1.54) is 45.3 Å². The fraction of sp³-hybridized carbons (Fsp3) is 1.00. The minimum absolute atomic E-state index is 0.567. The van der Waals surface area contributed by atoms with E-state index < -0.39 is 0 Å². The molecule has 15 heavy (non-hydrogen) atoms. The first-order chi connectivity index (χ1) is 7.15. The Balaban J connectivity index is 1.96. The number of hydrogen-bond acceptors (Lipinski definition) is 2. The second kappa shape index (κ2) is 4.42. The van der Waals surface area contributed by atoms with Crippen LogP contribution in [0.4, 0.5) is 0 Å². The van der Waals surface area contributed by atoms with Crippen LogP contribution in [0.2, 0.25) is 0 Å². The topological polar surface area (TPSA) is 15.3 Å². The molecule has 1 saturated carbocycles.